The highest BCUT2D eigenvalue weighted by atomic mass is 19.3. The molecule has 18 heavy (non-hydrogen) atoms. The number of rotatable bonds is 4. The van der Waals surface area contributed by atoms with Gasteiger partial charge < -0.3 is 9.64 Å². The second-order valence-corrected chi connectivity index (χ2v) is 3.62. The molecule has 0 heterocycles. The molecule has 1 aromatic rings. The number of hydrogen-bond acceptors (Lipinski definition) is 3. The molecule has 0 bridgehead atoms. The zero-order valence-electron chi connectivity index (χ0n) is 9.93. The van der Waals surface area contributed by atoms with Crippen LogP contribution in [0.2, 0.25) is 0 Å². The molecule has 0 spiro atoms. The van der Waals surface area contributed by atoms with Gasteiger partial charge in [-0.15, -0.1) is 0 Å². The maximum atomic E-state index is 11.9. The van der Waals surface area contributed by atoms with Gasteiger partial charge in [-0.25, -0.2) is 0 Å². The molecule has 6 heteroatoms. The predicted octanol–water partition coefficient (Wildman–Crippen LogP) is 2.27. The van der Waals surface area contributed by atoms with Gasteiger partial charge in [-0.2, -0.15) is 14.0 Å². The van der Waals surface area contributed by atoms with Gasteiger partial charge in [-0.3, -0.25) is 4.79 Å². The quantitative estimate of drug-likeness (QED) is 0.828. The van der Waals surface area contributed by atoms with Crippen LogP contribution < -0.4 is 4.74 Å². The summed E-state index contributed by atoms with van der Waals surface area (Å²) in [5, 5.41) is 8.70. The van der Waals surface area contributed by atoms with Crippen LogP contribution in [0.3, 0.4) is 0 Å². The van der Waals surface area contributed by atoms with Crippen LogP contribution >= 0.6 is 0 Å². The van der Waals surface area contributed by atoms with Gasteiger partial charge in [-0.05, 0) is 31.2 Å². The summed E-state index contributed by atoms with van der Waals surface area (Å²) in [7, 11) is 1.50. The number of carbonyl (C=O) groups is 1. The van der Waals surface area contributed by atoms with Crippen LogP contribution in [0, 0.1) is 11.3 Å². The van der Waals surface area contributed by atoms with Crippen LogP contribution in [0.15, 0.2) is 24.3 Å². The van der Waals surface area contributed by atoms with E-state index in [9.17, 15) is 13.6 Å². The molecule has 4 nitrogen and oxygen atoms in total. The molecular formula is C12H12F2N2O2. The fourth-order valence-corrected chi connectivity index (χ4v) is 1.25. The monoisotopic (exact) mass is 254 g/mol. The number of carbonyl (C=O) groups excluding carboxylic acids is 1. The Kier molecular flexibility index (Phi) is 4.60. The summed E-state index contributed by atoms with van der Waals surface area (Å²) in [6.07, 6.45) is 0. The fraction of sp³-hybridized carbons (Fsp3) is 0.333. The van der Waals surface area contributed by atoms with Gasteiger partial charge in [0.1, 0.15) is 11.8 Å². The zero-order valence-corrected chi connectivity index (χ0v) is 9.93. The molecular weight excluding hydrogens is 242 g/mol. The molecule has 96 valence electrons. The van der Waals surface area contributed by atoms with Crippen molar-refractivity contribution < 1.29 is 18.3 Å². The molecule has 1 amide bonds. The van der Waals surface area contributed by atoms with E-state index >= 15 is 0 Å². The van der Waals surface area contributed by atoms with Crippen molar-refractivity contribution in [1.82, 2.24) is 4.90 Å². The number of nitrogens with zero attached hydrogens (tertiary/aromatic N) is 2. The second kappa shape index (κ2) is 5.96. The molecule has 1 unspecified atom stereocenters. The molecule has 1 aromatic carbocycles. The maximum absolute atomic E-state index is 11.9. The topological polar surface area (TPSA) is 53.3 Å². The minimum atomic E-state index is -2.90. The lowest BCUT2D eigenvalue weighted by atomic mass is 10.2. The first-order chi connectivity index (χ1) is 8.45. The Balaban J connectivity index is 2.79. The first-order valence-electron chi connectivity index (χ1n) is 5.17. The highest BCUT2D eigenvalue weighted by Crippen LogP contribution is 2.16. The first-order valence-corrected chi connectivity index (χ1v) is 5.17. The van der Waals surface area contributed by atoms with E-state index in [0.717, 1.165) is 0 Å². The third-order valence-corrected chi connectivity index (χ3v) is 2.41. The summed E-state index contributed by atoms with van der Waals surface area (Å²) in [6.45, 7) is -1.31. The van der Waals surface area contributed by atoms with Gasteiger partial charge in [0, 0.05) is 12.6 Å². The van der Waals surface area contributed by atoms with Gasteiger partial charge >= 0.3 is 6.61 Å². The van der Waals surface area contributed by atoms with Gasteiger partial charge in [0.15, 0.2) is 0 Å². The first kappa shape index (κ1) is 13.9. The van der Waals surface area contributed by atoms with Crippen LogP contribution in [-0.2, 0) is 0 Å². The second-order valence-electron chi connectivity index (χ2n) is 3.62. The number of benzene rings is 1. The number of alkyl halides is 2. The smallest absolute Gasteiger partial charge is 0.387 e. The van der Waals surface area contributed by atoms with E-state index in [0.29, 0.717) is 5.56 Å². The number of amides is 1. The van der Waals surface area contributed by atoms with E-state index < -0.39 is 12.7 Å². The fourth-order valence-electron chi connectivity index (χ4n) is 1.25. The van der Waals surface area contributed by atoms with Crippen LogP contribution in [0.5, 0.6) is 5.75 Å². The van der Waals surface area contributed by atoms with E-state index in [1.54, 1.807) is 6.92 Å². The predicted molar refractivity (Wildman–Crippen MR) is 60.2 cm³/mol. The van der Waals surface area contributed by atoms with Crippen molar-refractivity contribution in [3.05, 3.63) is 29.8 Å². The summed E-state index contributed by atoms with van der Waals surface area (Å²) < 4.78 is 28.0. The van der Waals surface area contributed by atoms with Gasteiger partial charge in [0.05, 0.1) is 6.07 Å². The van der Waals surface area contributed by atoms with Crippen molar-refractivity contribution in [2.24, 2.45) is 0 Å². The normalized spacial score (nSPS) is 11.8. The molecule has 0 saturated heterocycles. The summed E-state index contributed by atoms with van der Waals surface area (Å²) in [5.41, 5.74) is 0.307. The van der Waals surface area contributed by atoms with Gasteiger partial charge in [0.25, 0.3) is 5.91 Å². The number of hydrogen-bond donors (Lipinski definition) is 0. The Morgan fingerprint density at radius 3 is 2.39 bits per heavy atom. The van der Waals surface area contributed by atoms with Crippen LogP contribution in [-0.4, -0.2) is 30.5 Å². The Morgan fingerprint density at radius 1 is 1.39 bits per heavy atom. The molecule has 0 aliphatic carbocycles. The lowest BCUT2D eigenvalue weighted by molar-refractivity contribution is -0.0498. The molecule has 1 rings (SSSR count). The number of ether oxygens (including phenoxy) is 1. The molecule has 0 radical (unpaired) electrons. The molecule has 0 N–H and O–H groups in total. The average molecular weight is 254 g/mol. The van der Waals surface area contributed by atoms with E-state index in [-0.39, 0.29) is 11.7 Å². The lowest BCUT2D eigenvalue weighted by Gasteiger charge is -2.19. The van der Waals surface area contributed by atoms with E-state index in [1.807, 2.05) is 6.07 Å². The lowest BCUT2D eigenvalue weighted by Crippen LogP contribution is -2.33. The van der Waals surface area contributed by atoms with Crippen molar-refractivity contribution >= 4 is 5.91 Å². The molecule has 0 aliphatic rings. The standard InChI is InChI=1S/C12H12F2N2O2/c1-8(7-15)16(2)11(17)9-3-5-10(6-4-9)18-12(13)14/h3-6,8,12H,1-2H3. The molecule has 0 aliphatic heterocycles. The van der Waals surface area contributed by atoms with Crippen molar-refractivity contribution in [1.29, 1.82) is 5.26 Å². The zero-order chi connectivity index (χ0) is 13.7. The van der Waals surface area contributed by atoms with Crippen LogP contribution in [0.1, 0.15) is 17.3 Å². The number of halogens is 2. The highest BCUT2D eigenvalue weighted by Gasteiger charge is 2.17. The Hall–Kier alpha value is -2.16. The summed E-state index contributed by atoms with van der Waals surface area (Å²) >= 11 is 0. The Bertz CT molecular complexity index is 454. The van der Waals surface area contributed by atoms with Crippen molar-refractivity contribution in [3.8, 4) is 11.8 Å². The third-order valence-electron chi connectivity index (χ3n) is 2.41. The van der Waals surface area contributed by atoms with E-state index in [2.05, 4.69) is 4.74 Å². The summed E-state index contributed by atoms with van der Waals surface area (Å²) in [6, 6.07) is 6.69. The van der Waals surface area contributed by atoms with Gasteiger partial charge in [-0.1, -0.05) is 0 Å². The van der Waals surface area contributed by atoms with Gasteiger partial charge in [0.2, 0.25) is 0 Å². The Morgan fingerprint density at radius 2 is 1.94 bits per heavy atom. The minimum absolute atomic E-state index is 0.0162. The highest BCUT2D eigenvalue weighted by molar-refractivity contribution is 5.94. The third kappa shape index (κ3) is 3.42. The molecule has 0 fully saturated rings. The largest absolute Gasteiger partial charge is 0.435 e. The molecule has 0 aromatic heterocycles. The summed E-state index contributed by atoms with van der Waals surface area (Å²) in [5.74, 6) is -0.370. The van der Waals surface area contributed by atoms with E-state index in [1.165, 1.54) is 36.2 Å². The maximum Gasteiger partial charge on any atom is 0.387 e. The molecule has 1 atom stereocenters. The van der Waals surface area contributed by atoms with E-state index in [4.69, 9.17) is 5.26 Å². The van der Waals surface area contributed by atoms with Crippen molar-refractivity contribution in [2.45, 2.75) is 19.6 Å². The van der Waals surface area contributed by atoms with Crippen molar-refractivity contribution in [3.63, 3.8) is 0 Å². The minimum Gasteiger partial charge on any atom is -0.435 e. The van der Waals surface area contributed by atoms with Crippen LogP contribution in [0.25, 0.3) is 0 Å². The molecule has 0 saturated carbocycles. The summed E-state index contributed by atoms with van der Waals surface area (Å²) in [4.78, 5) is 13.1. The van der Waals surface area contributed by atoms with Crippen molar-refractivity contribution in [2.75, 3.05) is 7.05 Å². The van der Waals surface area contributed by atoms with Crippen LogP contribution in [0.4, 0.5) is 8.78 Å². The average Bonchev–Trinajstić information content (AvgIpc) is 2.36. The number of nitriles is 1. The SMILES string of the molecule is CC(C#N)N(C)C(=O)c1ccc(OC(F)F)cc1. The Labute approximate surface area is 103 Å².